The fourth-order valence-electron chi connectivity index (χ4n) is 5.14. The van der Waals surface area contributed by atoms with Gasteiger partial charge in [-0.1, -0.05) is 185 Å². The van der Waals surface area contributed by atoms with Gasteiger partial charge < -0.3 is 0 Å². The van der Waals surface area contributed by atoms with Gasteiger partial charge in [-0.3, -0.25) is 22.8 Å². The van der Waals surface area contributed by atoms with E-state index in [9.17, 15) is 42.1 Å². The first-order chi connectivity index (χ1) is 33.7. The second-order valence-corrected chi connectivity index (χ2v) is 21.1. The predicted molar refractivity (Wildman–Crippen MR) is 284 cm³/mol. The highest BCUT2D eigenvalue weighted by Gasteiger charge is 2.10. The van der Waals surface area contributed by atoms with Gasteiger partial charge in [0, 0.05) is 0 Å². The second kappa shape index (κ2) is 28.6. The Morgan fingerprint density at radius 1 is 0.236 bits per heavy atom. The van der Waals surface area contributed by atoms with Crippen molar-refractivity contribution in [2.45, 2.75) is 24.5 Å². The largest absolute Gasteiger partial charge is 0.294 e. The highest BCUT2D eigenvalue weighted by atomic mass is 32.2. The van der Waals surface area contributed by atoms with Crippen molar-refractivity contribution < 1.29 is 64.9 Å². The van der Waals surface area contributed by atoms with Gasteiger partial charge in [0.15, 0.2) is 0 Å². The highest BCUT2D eigenvalue weighted by Crippen LogP contribution is 2.18. The van der Waals surface area contributed by atoms with E-state index in [0.717, 1.165) is 27.8 Å². The summed E-state index contributed by atoms with van der Waals surface area (Å²) in [5.41, 5.74) is 6.59. The van der Waals surface area contributed by atoms with E-state index in [-0.39, 0.29) is 24.5 Å². The van der Waals surface area contributed by atoms with Crippen molar-refractivity contribution >= 4 is 81.0 Å². The lowest BCUT2D eigenvalue weighted by Crippen LogP contribution is -1.96. The second-order valence-electron chi connectivity index (χ2n) is 14.0. The van der Waals surface area contributed by atoms with E-state index in [0.29, 0.717) is 0 Å². The Hall–Kier alpha value is -7.21. The Kier molecular flexibility index (Phi) is 24.2. The molecule has 0 aliphatic heterocycles. The van der Waals surface area contributed by atoms with Crippen LogP contribution < -0.4 is 0 Å². The van der Waals surface area contributed by atoms with E-state index in [1.807, 2.05) is 12.1 Å². The van der Waals surface area contributed by atoms with Crippen LogP contribution in [-0.4, -0.2) is 64.9 Å². The minimum atomic E-state index is -4.06. The number of hydrogen-bond donors (Lipinski definition) is 5. The molecule has 0 aliphatic rings. The van der Waals surface area contributed by atoms with Crippen LogP contribution in [0.25, 0.3) is 41.5 Å². The van der Waals surface area contributed by atoms with Crippen LogP contribution in [0.1, 0.15) is 27.8 Å². The highest BCUT2D eigenvalue weighted by molar-refractivity contribution is 7.86. The third kappa shape index (κ3) is 22.7. The summed E-state index contributed by atoms with van der Waals surface area (Å²) in [5.74, 6) is 0. The zero-order valence-electron chi connectivity index (χ0n) is 38.1. The van der Waals surface area contributed by atoms with Crippen LogP contribution in [0.4, 0.5) is 0 Å². The van der Waals surface area contributed by atoms with Crippen molar-refractivity contribution in [3.05, 3.63) is 243 Å². The molecule has 5 N–H and O–H groups in total. The number of rotatable bonds is 11. The summed E-state index contributed by atoms with van der Waals surface area (Å²) in [6.45, 7) is 17.6. The van der Waals surface area contributed by atoms with Crippen molar-refractivity contribution in [2.75, 3.05) is 0 Å². The molecule has 0 radical (unpaired) electrons. The molecular formula is C52H50O15S5. The van der Waals surface area contributed by atoms with Crippen molar-refractivity contribution in [2.24, 2.45) is 0 Å². The molecule has 15 nitrogen and oxygen atoms in total. The maximum absolute atomic E-state index is 10.6. The summed E-state index contributed by atoms with van der Waals surface area (Å²) in [7, 11) is -20.3. The molecule has 0 aromatic heterocycles. The molecule has 7 aromatic rings. The van der Waals surface area contributed by atoms with Crippen LogP contribution in [0.3, 0.4) is 0 Å². The maximum Gasteiger partial charge on any atom is 0.294 e. The Morgan fingerprint density at radius 2 is 0.375 bits per heavy atom. The molecule has 7 rings (SSSR count). The lowest BCUT2D eigenvalue weighted by molar-refractivity contribution is 0.481. The molecule has 7 aromatic carbocycles. The Balaban J connectivity index is 0.000000296. The molecule has 0 atom stereocenters. The molecule has 0 amide bonds. The SMILES string of the molecule is C=Cc1ccc(S(=O)(=O)O)cc1.C=Cc1ccc(S(=O)(=O)O)cc1.C=Cc1ccc(S(=O)(=O)O)cc1.C=Cc1ccc(S(=O)(=O)O)cc1.C=Cc1ccc(S(=O)(=O)O)cc1.c1ccc(-c2ccccc2)cc1. The van der Waals surface area contributed by atoms with Crippen LogP contribution in [0.2, 0.25) is 0 Å². The first-order valence-electron chi connectivity index (χ1n) is 20.3. The third-order valence-electron chi connectivity index (χ3n) is 8.95. The summed E-state index contributed by atoms with van der Waals surface area (Å²) in [5, 5.41) is 0. The van der Waals surface area contributed by atoms with Gasteiger partial charge >= 0.3 is 0 Å². The average molecular weight is 1080 g/mol. The van der Waals surface area contributed by atoms with Crippen LogP contribution in [0, 0.1) is 0 Å². The van der Waals surface area contributed by atoms with Gasteiger partial charge in [0.2, 0.25) is 0 Å². The topological polar surface area (TPSA) is 272 Å². The van der Waals surface area contributed by atoms with Gasteiger partial charge in [-0.25, -0.2) is 0 Å². The summed E-state index contributed by atoms with van der Waals surface area (Å²) in [6, 6.07) is 49.7. The third-order valence-corrected chi connectivity index (χ3v) is 13.3. The number of hydrogen-bond acceptors (Lipinski definition) is 10. The fraction of sp³-hybridized carbons (Fsp3) is 0. The van der Waals surface area contributed by atoms with Crippen LogP contribution >= 0.6 is 0 Å². The first kappa shape index (κ1) is 60.9. The molecule has 0 aliphatic carbocycles. The molecule has 20 heteroatoms. The first-order valence-corrected chi connectivity index (χ1v) is 27.5. The molecule has 0 bridgehead atoms. The lowest BCUT2D eigenvalue weighted by Gasteiger charge is -1.98. The average Bonchev–Trinajstić information content (AvgIpc) is 3.36. The predicted octanol–water partition coefficient (Wildman–Crippen LogP) is 11.2. The van der Waals surface area contributed by atoms with E-state index >= 15 is 0 Å². The van der Waals surface area contributed by atoms with Gasteiger partial charge in [0.05, 0.1) is 24.5 Å². The Morgan fingerprint density at radius 3 is 0.486 bits per heavy atom. The minimum Gasteiger partial charge on any atom is -0.282 e. The van der Waals surface area contributed by atoms with Gasteiger partial charge in [0.1, 0.15) is 0 Å². The van der Waals surface area contributed by atoms with Gasteiger partial charge in [-0.05, 0) is 99.6 Å². The molecule has 0 saturated carbocycles. The van der Waals surface area contributed by atoms with E-state index in [1.54, 1.807) is 91.0 Å². The molecule has 0 fully saturated rings. The van der Waals surface area contributed by atoms with Gasteiger partial charge in [-0.15, -0.1) is 0 Å². The van der Waals surface area contributed by atoms with Crippen LogP contribution in [0.5, 0.6) is 0 Å². The molecule has 0 saturated heterocycles. The van der Waals surface area contributed by atoms with Crippen LogP contribution in [0.15, 0.2) is 239 Å². The van der Waals surface area contributed by atoms with Crippen LogP contribution in [-0.2, 0) is 50.6 Å². The summed E-state index contributed by atoms with van der Waals surface area (Å²) >= 11 is 0. The number of benzene rings is 7. The van der Waals surface area contributed by atoms with E-state index in [1.165, 1.54) is 71.8 Å². The minimum absolute atomic E-state index is 0.104. The molecule has 0 unspecified atom stereocenters. The molecule has 378 valence electrons. The van der Waals surface area contributed by atoms with Crippen molar-refractivity contribution in [1.29, 1.82) is 0 Å². The molecular weight excluding hydrogens is 1020 g/mol. The molecule has 0 heterocycles. The quantitative estimate of drug-likeness (QED) is 0.0754. The van der Waals surface area contributed by atoms with Gasteiger partial charge in [-0.2, -0.15) is 42.1 Å². The smallest absolute Gasteiger partial charge is 0.282 e. The molecule has 72 heavy (non-hydrogen) atoms. The molecule has 0 spiro atoms. The van der Waals surface area contributed by atoms with E-state index in [2.05, 4.69) is 81.4 Å². The fourth-order valence-corrected chi connectivity index (χ4v) is 7.54. The van der Waals surface area contributed by atoms with Crippen molar-refractivity contribution in [3.8, 4) is 11.1 Å². The van der Waals surface area contributed by atoms with E-state index in [4.69, 9.17) is 22.8 Å². The van der Waals surface area contributed by atoms with Gasteiger partial charge in [0.25, 0.3) is 50.6 Å². The summed E-state index contributed by atoms with van der Waals surface area (Å²) in [4.78, 5) is -0.518. The monoisotopic (exact) mass is 1070 g/mol. The Bertz CT molecular complexity index is 2940. The Labute approximate surface area is 421 Å². The summed E-state index contributed by atoms with van der Waals surface area (Å²) < 4.78 is 149. The van der Waals surface area contributed by atoms with E-state index < -0.39 is 50.6 Å². The zero-order chi connectivity index (χ0) is 54.2. The maximum atomic E-state index is 10.6. The summed E-state index contributed by atoms with van der Waals surface area (Å²) in [6.07, 6.45) is 7.96. The normalized spacial score (nSPS) is 10.8. The van der Waals surface area contributed by atoms with Crippen molar-refractivity contribution in [1.82, 2.24) is 0 Å². The lowest BCUT2D eigenvalue weighted by atomic mass is 10.1. The zero-order valence-corrected chi connectivity index (χ0v) is 42.2. The standard InChI is InChI=1S/C12H10.5C8H8O3S/c1-3-7-11(8-4-1)12-9-5-2-6-10-12;5*1-2-7-3-5-8(6-4-7)12(9,10)11/h1-10H;5*2-6H,1H2,(H,9,10,11). The van der Waals surface area contributed by atoms with Crippen molar-refractivity contribution in [3.63, 3.8) is 0 Å².